The molecule has 0 aliphatic carbocycles. The summed E-state index contributed by atoms with van der Waals surface area (Å²) in [5.74, 6) is 0.383. The molecular formula is C21H32N2O4. The Labute approximate surface area is 161 Å². The summed E-state index contributed by atoms with van der Waals surface area (Å²) in [5.41, 5.74) is -0.0337. The Balaban J connectivity index is 1.47. The van der Waals surface area contributed by atoms with Gasteiger partial charge in [0.25, 0.3) is 0 Å². The number of piperidine rings is 2. The molecule has 3 rings (SSSR count). The van der Waals surface area contributed by atoms with Crippen molar-refractivity contribution in [3.63, 3.8) is 0 Å². The van der Waals surface area contributed by atoms with Crippen LogP contribution in [-0.4, -0.2) is 82.1 Å². The largest absolute Gasteiger partial charge is 0.396 e. The van der Waals surface area contributed by atoms with Crippen molar-refractivity contribution in [2.75, 3.05) is 39.3 Å². The van der Waals surface area contributed by atoms with Crippen LogP contribution in [-0.2, 0) is 11.2 Å². The van der Waals surface area contributed by atoms with Gasteiger partial charge in [0.05, 0.1) is 0 Å². The summed E-state index contributed by atoms with van der Waals surface area (Å²) in [6.45, 7) is 2.99. The second-order valence-corrected chi connectivity index (χ2v) is 8.10. The van der Waals surface area contributed by atoms with Gasteiger partial charge in [-0.3, -0.25) is 4.79 Å². The number of hydrogen-bond acceptors (Lipinski definition) is 5. The molecule has 2 aliphatic heterocycles. The SMILES string of the molecule is O=C(CCc1ccccc1)N1CC[C@](O)(CN2CCC(CO)CC2)[C@@H](O)C1. The third-order valence-corrected chi connectivity index (χ3v) is 6.11. The van der Waals surface area contributed by atoms with Gasteiger partial charge in [0.1, 0.15) is 11.7 Å². The third-order valence-electron chi connectivity index (χ3n) is 6.11. The van der Waals surface area contributed by atoms with Crippen LogP contribution < -0.4 is 0 Å². The van der Waals surface area contributed by atoms with Crippen LogP contribution in [0.3, 0.4) is 0 Å². The van der Waals surface area contributed by atoms with Crippen molar-refractivity contribution in [2.45, 2.75) is 43.8 Å². The molecule has 1 aromatic rings. The smallest absolute Gasteiger partial charge is 0.222 e. The fourth-order valence-corrected chi connectivity index (χ4v) is 4.14. The molecule has 27 heavy (non-hydrogen) atoms. The monoisotopic (exact) mass is 376 g/mol. The Morgan fingerprint density at radius 2 is 1.85 bits per heavy atom. The van der Waals surface area contributed by atoms with Gasteiger partial charge in [-0.15, -0.1) is 0 Å². The molecule has 0 bridgehead atoms. The van der Waals surface area contributed by atoms with Crippen LogP contribution in [0.15, 0.2) is 30.3 Å². The molecule has 2 fully saturated rings. The van der Waals surface area contributed by atoms with Crippen LogP contribution in [0.2, 0.25) is 0 Å². The standard InChI is InChI=1S/C21H32N2O4/c24-15-18-8-11-22(12-9-18)16-21(27)10-13-23(14-19(21)25)20(26)7-6-17-4-2-1-3-5-17/h1-5,18-19,24-25,27H,6-16H2/t19-,21-/m0/s1. The number of aliphatic hydroxyl groups is 3. The summed E-state index contributed by atoms with van der Waals surface area (Å²) in [4.78, 5) is 16.3. The van der Waals surface area contributed by atoms with Crippen LogP contribution >= 0.6 is 0 Å². The molecule has 0 saturated carbocycles. The highest BCUT2D eigenvalue weighted by molar-refractivity contribution is 5.76. The van der Waals surface area contributed by atoms with Crippen LogP contribution in [0.25, 0.3) is 0 Å². The molecule has 150 valence electrons. The first kappa shape index (κ1) is 20.3. The molecule has 0 unspecified atom stereocenters. The normalized spacial score (nSPS) is 27.7. The van der Waals surface area contributed by atoms with Gasteiger partial charge in [-0.2, -0.15) is 0 Å². The van der Waals surface area contributed by atoms with E-state index in [2.05, 4.69) is 4.90 Å². The van der Waals surface area contributed by atoms with Crippen LogP contribution in [0.4, 0.5) is 0 Å². The number of amides is 1. The van der Waals surface area contributed by atoms with E-state index in [1.807, 2.05) is 30.3 Å². The predicted octanol–water partition coefficient (Wildman–Crippen LogP) is 0.648. The number of hydrogen-bond donors (Lipinski definition) is 3. The first-order valence-corrected chi connectivity index (χ1v) is 10.1. The predicted molar refractivity (Wildman–Crippen MR) is 103 cm³/mol. The minimum atomic E-state index is -1.16. The van der Waals surface area contributed by atoms with Crippen molar-refractivity contribution in [3.05, 3.63) is 35.9 Å². The third kappa shape index (κ3) is 5.29. The maximum absolute atomic E-state index is 12.5. The zero-order valence-electron chi connectivity index (χ0n) is 16.0. The lowest BCUT2D eigenvalue weighted by Gasteiger charge is -2.45. The highest BCUT2D eigenvalue weighted by Gasteiger charge is 2.43. The van der Waals surface area contributed by atoms with E-state index in [4.69, 9.17) is 0 Å². The number of likely N-dealkylation sites (tertiary alicyclic amines) is 2. The first-order valence-electron chi connectivity index (χ1n) is 10.1. The minimum absolute atomic E-state index is 0.0312. The molecule has 0 spiro atoms. The second-order valence-electron chi connectivity index (χ2n) is 8.10. The van der Waals surface area contributed by atoms with Gasteiger partial charge in [-0.1, -0.05) is 30.3 Å². The van der Waals surface area contributed by atoms with Crippen LogP contribution in [0, 0.1) is 5.92 Å². The number of nitrogens with zero attached hydrogens (tertiary/aromatic N) is 2. The van der Waals surface area contributed by atoms with E-state index in [0.29, 0.717) is 38.3 Å². The number of benzene rings is 1. The van der Waals surface area contributed by atoms with Crippen LogP contribution in [0.1, 0.15) is 31.2 Å². The Bertz CT molecular complexity index is 603. The van der Waals surface area contributed by atoms with Crippen molar-refractivity contribution in [3.8, 4) is 0 Å². The molecule has 1 aromatic carbocycles. The second kappa shape index (κ2) is 9.15. The molecule has 2 heterocycles. The molecule has 0 radical (unpaired) electrons. The molecular weight excluding hydrogens is 344 g/mol. The summed E-state index contributed by atoms with van der Waals surface area (Å²) < 4.78 is 0. The lowest BCUT2D eigenvalue weighted by molar-refractivity contribution is -0.154. The molecule has 2 atom stereocenters. The van der Waals surface area contributed by atoms with Crippen molar-refractivity contribution < 1.29 is 20.1 Å². The molecule has 1 amide bonds. The van der Waals surface area contributed by atoms with Gasteiger partial charge in [-0.25, -0.2) is 0 Å². The number of rotatable bonds is 6. The van der Waals surface area contributed by atoms with E-state index in [9.17, 15) is 20.1 Å². The van der Waals surface area contributed by atoms with E-state index in [0.717, 1.165) is 31.5 Å². The van der Waals surface area contributed by atoms with E-state index in [1.165, 1.54) is 0 Å². The number of aliphatic hydroxyl groups excluding tert-OH is 2. The van der Waals surface area contributed by atoms with E-state index < -0.39 is 11.7 Å². The average molecular weight is 376 g/mol. The van der Waals surface area contributed by atoms with E-state index in [-0.39, 0.29) is 19.1 Å². The quantitative estimate of drug-likeness (QED) is 0.679. The molecule has 2 aliphatic rings. The van der Waals surface area contributed by atoms with Gasteiger partial charge in [0, 0.05) is 32.7 Å². The number of carbonyl (C=O) groups excluding carboxylic acids is 1. The van der Waals surface area contributed by atoms with Crippen molar-refractivity contribution in [2.24, 2.45) is 5.92 Å². The number of aryl methyl sites for hydroxylation is 1. The summed E-state index contributed by atoms with van der Waals surface area (Å²) in [6.07, 6.45) is 2.42. The Hall–Kier alpha value is -1.47. The van der Waals surface area contributed by atoms with E-state index in [1.54, 1.807) is 4.90 Å². The molecule has 3 N–H and O–H groups in total. The zero-order chi connectivity index (χ0) is 19.3. The molecule has 6 heteroatoms. The van der Waals surface area contributed by atoms with Gasteiger partial charge >= 0.3 is 0 Å². The summed E-state index contributed by atoms with van der Waals surface area (Å²) in [6, 6.07) is 9.91. The van der Waals surface area contributed by atoms with Gasteiger partial charge in [-0.05, 0) is 50.3 Å². The average Bonchev–Trinajstić information content (AvgIpc) is 2.70. The van der Waals surface area contributed by atoms with Gasteiger partial charge in [0.15, 0.2) is 0 Å². The highest BCUT2D eigenvalue weighted by atomic mass is 16.3. The number of β-amino-alcohol motifs (C(OH)–C–C–N with tert-alkyl or cyclic N) is 2. The van der Waals surface area contributed by atoms with Crippen molar-refractivity contribution in [1.82, 2.24) is 9.80 Å². The fourth-order valence-electron chi connectivity index (χ4n) is 4.14. The summed E-state index contributed by atoms with van der Waals surface area (Å²) in [7, 11) is 0. The van der Waals surface area contributed by atoms with E-state index >= 15 is 0 Å². The summed E-state index contributed by atoms with van der Waals surface area (Å²) >= 11 is 0. The summed E-state index contributed by atoms with van der Waals surface area (Å²) in [5, 5.41) is 30.7. The van der Waals surface area contributed by atoms with Crippen LogP contribution in [0.5, 0.6) is 0 Å². The van der Waals surface area contributed by atoms with Gasteiger partial charge in [0.2, 0.25) is 5.91 Å². The molecule has 0 aromatic heterocycles. The first-order chi connectivity index (χ1) is 13.0. The maximum atomic E-state index is 12.5. The molecule has 6 nitrogen and oxygen atoms in total. The van der Waals surface area contributed by atoms with Crippen molar-refractivity contribution in [1.29, 1.82) is 0 Å². The Morgan fingerprint density at radius 1 is 1.15 bits per heavy atom. The van der Waals surface area contributed by atoms with Gasteiger partial charge < -0.3 is 25.1 Å². The lowest BCUT2D eigenvalue weighted by Crippen LogP contribution is -2.61. The van der Waals surface area contributed by atoms with Crippen molar-refractivity contribution >= 4 is 5.91 Å². The fraction of sp³-hybridized carbons (Fsp3) is 0.667. The lowest BCUT2D eigenvalue weighted by atomic mass is 9.86. The number of carbonyl (C=O) groups is 1. The Kier molecular flexibility index (Phi) is 6.87. The minimum Gasteiger partial charge on any atom is -0.396 e. The highest BCUT2D eigenvalue weighted by Crippen LogP contribution is 2.27. The zero-order valence-corrected chi connectivity index (χ0v) is 16.0. The maximum Gasteiger partial charge on any atom is 0.222 e. The molecule has 2 saturated heterocycles. The Morgan fingerprint density at radius 3 is 2.48 bits per heavy atom. The topological polar surface area (TPSA) is 84.2 Å².